The first kappa shape index (κ1) is 23.8. The van der Waals surface area contributed by atoms with Gasteiger partial charge in [0.2, 0.25) is 0 Å². The predicted molar refractivity (Wildman–Crippen MR) is 137 cm³/mol. The van der Waals surface area contributed by atoms with E-state index in [-0.39, 0.29) is 5.91 Å². The highest BCUT2D eigenvalue weighted by Gasteiger charge is 2.22. The highest BCUT2D eigenvalue weighted by molar-refractivity contribution is 9.10. The van der Waals surface area contributed by atoms with Crippen LogP contribution in [0, 0.1) is 0 Å². The Hall–Kier alpha value is -2.36. The fourth-order valence-electron chi connectivity index (χ4n) is 4.16. The predicted octanol–water partition coefficient (Wildman–Crippen LogP) is 4.41. The van der Waals surface area contributed by atoms with Crippen molar-refractivity contribution in [1.82, 2.24) is 14.6 Å². The molecule has 1 N–H and O–H groups in total. The summed E-state index contributed by atoms with van der Waals surface area (Å²) in [5.41, 5.74) is 0.417. The number of anilines is 1. The molecule has 1 amide bonds. The zero-order chi connectivity index (χ0) is 23.2. The van der Waals surface area contributed by atoms with Crippen LogP contribution < -0.4 is 19.7 Å². The van der Waals surface area contributed by atoms with Crippen molar-refractivity contribution in [2.75, 3.05) is 58.4 Å². The number of carbonyl (C=O) groups is 1. The Labute approximate surface area is 207 Å². The molecular weight excluding hydrogens is 504 g/mol. The lowest BCUT2D eigenvalue weighted by Gasteiger charge is -2.35. The number of hydrogen-bond donors (Lipinski definition) is 1. The van der Waals surface area contributed by atoms with Crippen molar-refractivity contribution in [3.05, 3.63) is 46.4 Å². The molecule has 33 heavy (non-hydrogen) atoms. The number of hydrogen-bond acceptors (Lipinski definition) is 7. The van der Waals surface area contributed by atoms with E-state index in [0.717, 1.165) is 55.9 Å². The summed E-state index contributed by atoms with van der Waals surface area (Å²) in [4.78, 5) is 17.6. The largest absolute Gasteiger partial charge is 0.496 e. The van der Waals surface area contributed by atoms with Crippen LogP contribution in [0.1, 0.15) is 23.2 Å². The second-order valence-electron chi connectivity index (χ2n) is 7.95. The second-order valence-corrected chi connectivity index (χ2v) is 9.61. The average molecular weight is 533 g/mol. The summed E-state index contributed by atoms with van der Waals surface area (Å²) >= 11 is 5.01. The number of benzene rings is 2. The van der Waals surface area contributed by atoms with Crippen LogP contribution in [0.4, 0.5) is 5.82 Å². The molecule has 0 radical (unpaired) electrons. The minimum Gasteiger partial charge on any atom is -0.496 e. The van der Waals surface area contributed by atoms with Crippen LogP contribution in [0.15, 0.2) is 40.9 Å². The van der Waals surface area contributed by atoms with Crippen molar-refractivity contribution in [3.8, 4) is 11.5 Å². The summed E-state index contributed by atoms with van der Waals surface area (Å²) in [5, 5.41) is 4.26. The van der Waals surface area contributed by atoms with E-state index in [1.54, 1.807) is 31.8 Å². The Kier molecular flexibility index (Phi) is 8.06. The number of unbranched alkanes of at least 4 members (excludes halogenated alkanes) is 1. The van der Waals surface area contributed by atoms with Crippen LogP contribution in [0.2, 0.25) is 0 Å². The van der Waals surface area contributed by atoms with E-state index in [2.05, 4.69) is 55.3 Å². The Morgan fingerprint density at radius 2 is 1.88 bits per heavy atom. The van der Waals surface area contributed by atoms with Gasteiger partial charge in [0.1, 0.15) is 22.9 Å². The van der Waals surface area contributed by atoms with E-state index in [9.17, 15) is 4.79 Å². The number of nitrogens with zero attached hydrogens (tertiary/aromatic N) is 3. The quantitative estimate of drug-likeness (QED) is 0.412. The van der Waals surface area contributed by atoms with Gasteiger partial charge in [-0.25, -0.2) is 0 Å². The molecule has 0 spiro atoms. The Balaban J connectivity index is 1.20. The van der Waals surface area contributed by atoms with Gasteiger partial charge in [0.25, 0.3) is 5.91 Å². The summed E-state index contributed by atoms with van der Waals surface area (Å²) in [6.07, 6.45) is 1.95. The van der Waals surface area contributed by atoms with Crippen molar-refractivity contribution < 1.29 is 14.3 Å². The number of methoxy groups -OCH3 is 2. The minimum atomic E-state index is -0.186. The number of halogens is 1. The van der Waals surface area contributed by atoms with E-state index >= 15 is 0 Å². The van der Waals surface area contributed by atoms with Gasteiger partial charge in [0, 0.05) is 38.1 Å². The number of fused-ring (bicyclic) bond motifs is 1. The molecule has 4 rings (SSSR count). The summed E-state index contributed by atoms with van der Waals surface area (Å²) in [6.45, 7) is 5.70. The molecule has 1 aromatic heterocycles. The van der Waals surface area contributed by atoms with Crippen LogP contribution in [0.25, 0.3) is 10.1 Å². The highest BCUT2D eigenvalue weighted by Crippen LogP contribution is 2.35. The SMILES string of the molecule is COc1ccc(Br)c(OC)c1C(=O)NCCCCN1CCN(c2nsc3ccccc23)CC1. The topological polar surface area (TPSA) is 66.9 Å². The molecule has 0 bridgehead atoms. The number of carbonyl (C=O) groups excluding carboxylic acids is 1. The third kappa shape index (κ3) is 5.42. The Morgan fingerprint density at radius 1 is 1.09 bits per heavy atom. The van der Waals surface area contributed by atoms with Gasteiger partial charge in [-0.3, -0.25) is 9.69 Å². The van der Waals surface area contributed by atoms with E-state index in [4.69, 9.17) is 13.8 Å². The standard InChI is InChI=1S/C24H29BrN4O3S/c1-31-19-10-9-18(25)22(32-2)21(19)24(30)26-11-5-6-12-28-13-15-29(16-14-28)23-17-7-3-4-8-20(17)33-27-23/h3-4,7-10H,5-6,11-16H2,1-2H3,(H,26,30). The maximum Gasteiger partial charge on any atom is 0.258 e. The van der Waals surface area contributed by atoms with Crippen molar-refractivity contribution in [2.24, 2.45) is 0 Å². The smallest absolute Gasteiger partial charge is 0.258 e. The number of rotatable bonds is 9. The molecule has 9 heteroatoms. The fraction of sp³-hybridized carbons (Fsp3) is 0.417. The molecule has 2 aromatic carbocycles. The van der Waals surface area contributed by atoms with E-state index in [1.165, 1.54) is 10.1 Å². The van der Waals surface area contributed by atoms with Gasteiger partial charge >= 0.3 is 0 Å². The molecule has 1 saturated heterocycles. The first-order valence-electron chi connectivity index (χ1n) is 11.1. The number of nitrogens with one attached hydrogen (secondary N) is 1. The molecule has 0 saturated carbocycles. The molecule has 2 heterocycles. The van der Waals surface area contributed by atoms with Crippen molar-refractivity contribution in [3.63, 3.8) is 0 Å². The molecule has 1 aliphatic heterocycles. The van der Waals surface area contributed by atoms with Crippen molar-refractivity contribution in [2.45, 2.75) is 12.8 Å². The summed E-state index contributed by atoms with van der Waals surface area (Å²) in [5.74, 6) is 1.92. The molecule has 1 fully saturated rings. The first-order valence-corrected chi connectivity index (χ1v) is 12.7. The van der Waals surface area contributed by atoms with Gasteiger partial charge in [0.05, 0.1) is 23.4 Å². The third-order valence-electron chi connectivity index (χ3n) is 5.94. The number of piperazine rings is 1. The molecular formula is C24H29BrN4O3S. The van der Waals surface area contributed by atoms with Crippen LogP contribution in [-0.2, 0) is 0 Å². The number of ether oxygens (including phenoxy) is 2. The molecule has 0 unspecified atom stereocenters. The summed E-state index contributed by atoms with van der Waals surface area (Å²) < 4.78 is 17.4. The number of amides is 1. The monoisotopic (exact) mass is 532 g/mol. The van der Waals surface area contributed by atoms with Crippen LogP contribution in [0.5, 0.6) is 11.5 Å². The Bertz CT molecular complexity index is 1100. The van der Waals surface area contributed by atoms with Gasteiger partial charge in [-0.1, -0.05) is 12.1 Å². The second kappa shape index (κ2) is 11.2. The zero-order valence-corrected chi connectivity index (χ0v) is 21.4. The van der Waals surface area contributed by atoms with Crippen LogP contribution >= 0.6 is 27.5 Å². The maximum absolute atomic E-state index is 12.7. The van der Waals surface area contributed by atoms with Crippen molar-refractivity contribution in [1.29, 1.82) is 0 Å². The van der Waals surface area contributed by atoms with Gasteiger partial charge in [0.15, 0.2) is 0 Å². The molecule has 0 atom stereocenters. The number of aromatic nitrogens is 1. The molecule has 176 valence electrons. The molecule has 1 aliphatic rings. The van der Waals surface area contributed by atoms with E-state index in [0.29, 0.717) is 23.6 Å². The Morgan fingerprint density at radius 3 is 2.64 bits per heavy atom. The zero-order valence-electron chi connectivity index (χ0n) is 19.0. The third-order valence-corrected chi connectivity index (χ3v) is 7.38. The summed E-state index contributed by atoms with van der Waals surface area (Å²) in [6, 6.07) is 12.0. The maximum atomic E-state index is 12.7. The molecule has 0 aliphatic carbocycles. The first-order chi connectivity index (χ1) is 16.1. The molecule has 7 nitrogen and oxygen atoms in total. The lowest BCUT2D eigenvalue weighted by molar-refractivity contribution is 0.0946. The van der Waals surface area contributed by atoms with Crippen LogP contribution in [0.3, 0.4) is 0 Å². The van der Waals surface area contributed by atoms with Crippen LogP contribution in [-0.4, -0.2) is 68.7 Å². The molecule has 3 aromatic rings. The lowest BCUT2D eigenvalue weighted by atomic mass is 10.1. The van der Waals surface area contributed by atoms with Gasteiger partial charge in [-0.05, 0) is 71.1 Å². The normalized spacial score (nSPS) is 14.5. The van der Waals surface area contributed by atoms with E-state index < -0.39 is 0 Å². The van der Waals surface area contributed by atoms with E-state index in [1.807, 2.05) is 6.07 Å². The van der Waals surface area contributed by atoms with Gasteiger partial charge < -0.3 is 19.7 Å². The minimum absolute atomic E-state index is 0.186. The van der Waals surface area contributed by atoms with Gasteiger partial charge in [-0.2, -0.15) is 4.37 Å². The summed E-state index contributed by atoms with van der Waals surface area (Å²) in [7, 11) is 3.10. The fourth-order valence-corrected chi connectivity index (χ4v) is 5.45. The van der Waals surface area contributed by atoms with Crippen molar-refractivity contribution >= 4 is 49.3 Å². The average Bonchev–Trinajstić information content (AvgIpc) is 3.28. The highest BCUT2D eigenvalue weighted by atomic mass is 79.9. The lowest BCUT2D eigenvalue weighted by Crippen LogP contribution is -2.46. The van der Waals surface area contributed by atoms with Gasteiger partial charge in [-0.15, -0.1) is 0 Å².